The Kier molecular flexibility index (Phi) is 6.52. The highest BCUT2D eigenvalue weighted by atomic mass is 16.4. The van der Waals surface area contributed by atoms with Gasteiger partial charge in [-0.2, -0.15) is 0 Å². The van der Waals surface area contributed by atoms with Gasteiger partial charge in [0.1, 0.15) is 6.04 Å². The number of carbonyl (C=O) groups is 3. The Hall–Kier alpha value is -1.59. The van der Waals surface area contributed by atoms with Gasteiger partial charge >= 0.3 is 5.97 Å². The van der Waals surface area contributed by atoms with Crippen LogP contribution in [0.5, 0.6) is 0 Å². The van der Waals surface area contributed by atoms with Crippen LogP contribution in [0.3, 0.4) is 0 Å². The summed E-state index contributed by atoms with van der Waals surface area (Å²) >= 11 is 0. The fourth-order valence-electron chi connectivity index (χ4n) is 1.33. The van der Waals surface area contributed by atoms with E-state index in [4.69, 9.17) is 5.11 Å². The molecule has 0 aromatic rings. The first-order valence-electron chi connectivity index (χ1n) is 6.40. The van der Waals surface area contributed by atoms with Gasteiger partial charge < -0.3 is 15.7 Å². The van der Waals surface area contributed by atoms with E-state index < -0.39 is 23.3 Å². The fourth-order valence-corrected chi connectivity index (χ4v) is 1.33. The maximum absolute atomic E-state index is 11.6. The maximum Gasteiger partial charge on any atom is 0.326 e. The van der Waals surface area contributed by atoms with Crippen molar-refractivity contribution >= 4 is 17.8 Å². The monoisotopic (exact) mass is 272 g/mol. The van der Waals surface area contributed by atoms with E-state index >= 15 is 0 Å². The van der Waals surface area contributed by atoms with Crippen LogP contribution in [0.15, 0.2) is 0 Å². The van der Waals surface area contributed by atoms with Gasteiger partial charge in [-0.25, -0.2) is 4.79 Å². The van der Waals surface area contributed by atoms with Crippen molar-refractivity contribution in [1.29, 1.82) is 0 Å². The standard InChI is InChI=1S/C13H24N2O4/c1-6-8(2)10(11(17)18)15-9(16)7-14-12(19)13(3,4)5/h8,10H,6-7H2,1-5H3,(H,14,19)(H,15,16)(H,17,18)/t8?,10-/m0/s1. The lowest BCUT2D eigenvalue weighted by atomic mass is 9.96. The van der Waals surface area contributed by atoms with Gasteiger partial charge in [0, 0.05) is 5.41 Å². The zero-order valence-electron chi connectivity index (χ0n) is 12.2. The molecule has 3 N–H and O–H groups in total. The molecular weight excluding hydrogens is 248 g/mol. The Morgan fingerprint density at radius 2 is 1.74 bits per heavy atom. The Morgan fingerprint density at radius 3 is 2.11 bits per heavy atom. The molecule has 0 saturated carbocycles. The molecule has 19 heavy (non-hydrogen) atoms. The summed E-state index contributed by atoms with van der Waals surface area (Å²) in [5.74, 6) is -1.98. The summed E-state index contributed by atoms with van der Waals surface area (Å²) in [6, 6.07) is -0.927. The highest BCUT2D eigenvalue weighted by molar-refractivity contribution is 5.89. The van der Waals surface area contributed by atoms with E-state index in [9.17, 15) is 14.4 Å². The number of nitrogens with one attached hydrogen (secondary N) is 2. The minimum atomic E-state index is -1.06. The lowest BCUT2D eigenvalue weighted by Gasteiger charge is -2.21. The largest absolute Gasteiger partial charge is 0.480 e. The SMILES string of the molecule is CCC(C)[C@H](NC(=O)CNC(=O)C(C)(C)C)C(=O)O. The second kappa shape index (κ2) is 7.11. The van der Waals surface area contributed by atoms with Crippen LogP contribution in [-0.2, 0) is 14.4 Å². The summed E-state index contributed by atoms with van der Waals surface area (Å²) in [5.41, 5.74) is -0.580. The number of aliphatic carboxylic acids is 1. The molecule has 0 aromatic carbocycles. The smallest absolute Gasteiger partial charge is 0.326 e. The second-order valence-electron chi connectivity index (χ2n) is 5.70. The average Bonchev–Trinajstić information content (AvgIpc) is 2.30. The average molecular weight is 272 g/mol. The van der Waals surface area contributed by atoms with Crippen LogP contribution in [0.2, 0.25) is 0 Å². The van der Waals surface area contributed by atoms with E-state index in [0.29, 0.717) is 6.42 Å². The molecule has 2 atom stereocenters. The summed E-state index contributed by atoms with van der Waals surface area (Å²) in [7, 11) is 0. The molecule has 0 aliphatic carbocycles. The van der Waals surface area contributed by atoms with Crippen LogP contribution >= 0.6 is 0 Å². The molecule has 0 radical (unpaired) electrons. The highest BCUT2D eigenvalue weighted by Gasteiger charge is 2.26. The van der Waals surface area contributed by atoms with Crippen LogP contribution < -0.4 is 10.6 Å². The molecule has 0 rings (SSSR count). The molecule has 2 amide bonds. The van der Waals surface area contributed by atoms with Gasteiger partial charge in [-0.15, -0.1) is 0 Å². The first kappa shape index (κ1) is 17.4. The van der Waals surface area contributed by atoms with Crippen molar-refractivity contribution < 1.29 is 19.5 Å². The summed E-state index contributed by atoms with van der Waals surface area (Å²) < 4.78 is 0. The van der Waals surface area contributed by atoms with Crippen LogP contribution in [-0.4, -0.2) is 35.5 Å². The van der Waals surface area contributed by atoms with Crippen LogP contribution in [0.25, 0.3) is 0 Å². The molecule has 110 valence electrons. The van der Waals surface area contributed by atoms with Gasteiger partial charge in [-0.3, -0.25) is 9.59 Å². The van der Waals surface area contributed by atoms with Gasteiger partial charge in [-0.1, -0.05) is 41.0 Å². The minimum absolute atomic E-state index is 0.167. The number of hydrogen-bond acceptors (Lipinski definition) is 3. The lowest BCUT2D eigenvalue weighted by molar-refractivity contribution is -0.143. The van der Waals surface area contributed by atoms with Crippen molar-refractivity contribution in [3.63, 3.8) is 0 Å². The van der Waals surface area contributed by atoms with Gasteiger partial charge in [-0.05, 0) is 5.92 Å². The molecular formula is C13H24N2O4. The number of carboxylic acid groups (broad SMARTS) is 1. The van der Waals surface area contributed by atoms with E-state index in [1.165, 1.54) is 0 Å². The minimum Gasteiger partial charge on any atom is -0.480 e. The van der Waals surface area contributed by atoms with Crippen LogP contribution in [0.4, 0.5) is 0 Å². The Morgan fingerprint density at radius 1 is 1.21 bits per heavy atom. The molecule has 0 bridgehead atoms. The van der Waals surface area contributed by atoms with Crippen molar-refractivity contribution in [3.8, 4) is 0 Å². The van der Waals surface area contributed by atoms with Crippen molar-refractivity contribution in [3.05, 3.63) is 0 Å². The van der Waals surface area contributed by atoms with Crippen LogP contribution in [0, 0.1) is 11.3 Å². The normalized spacial score (nSPS) is 14.4. The Balaban J connectivity index is 4.37. The number of amides is 2. The van der Waals surface area contributed by atoms with E-state index in [1.807, 2.05) is 6.92 Å². The van der Waals surface area contributed by atoms with E-state index in [1.54, 1.807) is 27.7 Å². The predicted octanol–water partition coefficient (Wildman–Crippen LogP) is 0.764. The molecule has 1 unspecified atom stereocenters. The van der Waals surface area contributed by atoms with Crippen molar-refractivity contribution in [1.82, 2.24) is 10.6 Å². The fraction of sp³-hybridized carbons (Fsp3) is 0.769. The predicted molar refractivity (Wildman–Crippen MR) is 71.5 cm³/mol. The molecule has 6 heteroatoms. The molecule has 0 aliphatic rings. The van der Waals surface area contributed by atoms with E-state index in [0.717, 1.165) is 0 Å². The molecule has 0 aliphatic heterocycles. The summed E-state index contributed by atoms with van der Waals surface area (Å²) in [6.07, 6.45) is 0.644. The van der Waals surface area contributed by atoms with Crippen molar-refractivity contribution in [2.24, 2.45) is 11.3 Å². The zero-order chi connectivity index (χ0) is 15.2. The Labute approximate surface area is 113 Å². The van der Waals surface area contributed by atoms with Gasteiger partial charge in [0.05, 0.1) is 6.54 Å². The number of hydrogen-bond donors (Lipinski definition) is 3. The number of carbonyl (C=O) groups excluding carboxylic acids is 2. The molecule has 0 spiro atoms. The summed E-state index contributed by atoms with van der Waals surface area (Å²) in [4.78, 5) is 34.2. The van der Waals surface area contributed by atoms with Crippen LogP contribution in [0.1, 0.15) is 41.0 Å². The van der Waals surface area contributed by atoms with Crippen molar-refractivity contribution in [2.45, 2.75) is 47.1 Å². The van der Waals surface area contributed by atoms with Crippen molar-refractivity contribution in [2.75, 3.05) is 6.54 Å². The topological polar surface area (TPSA) is 95.5 Å². The number of carboxylic acids is 1. The lowest BCUT2D eigenvalue weighted by Crippen LogP contribution is -2.49. The second-order valence-corrected chi connectivity index (χ2v) is 5.70. The molecule has 0 fully saturated rings. The first-order valence-corrected chi connectivity index (χ1v) is 6.40. The molecule has 0 aromatic heterocycles. The third-order valence-electron chi connectivity index (χ3n) is 2.89. The maximum atomic E-state index is 11.6. The zero-order valence-corrected chi connectivity index (χ0v) is 12.2. The first-order chi connectivity index (χ1) is 8.59. The van der Waals surface area contributed by atoms with Gasteiger partial charge in [0.25, 0.3) is 0 Å². The van der Waals surface area contributed by atoms with Gasteiger partial charge in [0.2, 0.25) is 11.8 Å². The highest BCUT2D eigenvalue weighted by Crippen LogP contribution is 2.12. The van der Waals surface area contributed by atoms with Gasteiger partial charge in [0.15, 0.2) is 0 Å². The quantitative estimate of drug-likeness (QED) is 0.665. The van der Waals surface area contributed by atoms with E-state index in [2.05, 4.69) is 10.6 Å². The third-order valence-corrected chi connectivity index (χ3v) is 2.89. The molecule has 6 nitrogen and oxygen atoms in total. The Bertz CT molecular complexity index is 347. The summed E-state index contributed by atoms with van der Waals surface area (Å²) in [6.45, 7) is 8.61. The number of rotatable bonds is 6. The van der Waals surface area contributed by atoms with E-state index in [-0.39, 0.29) is 18.4 Å². The third kappa shape index (κ3) is 6.22. The summed E-state index contributed by atoms with van der Waals surface area (Å²) in [5, 5.41) is 13.9. The molecule has 0 heterocycles. The molecule has 0 saturated heterocycles.